The van der Waals surface area contributed by atoms with Gasteiger partial charge in [-0.05, 0) is 43.9 Å². The van der Waals surface area contributed by atoms with E-state index in [1.807, 2.05) is 13.8 Å². The SMILES string of the molecule is Cc1sc(C(=O)O)cc1CNCCCC(C)CO. The van der Waals surface area contributed by atoms with Crippen molar-refractivity contribution in [1.29, 1.82) is 0 Å². The van der Waals surface area contributed by atoms with Gasteiger partial charge in [-0.2, -0.15) is 0 Å². The summed E-state index contributed by atoms with van der Waals surface area (Å²) in [6.45, 7) is 5.82. The maximum Gasteiger partial charge on any atom is 0.345 e. The quantitative estimate of drug-likeness (QED) is 0.634. The minimum atomic E-state index is -0.855. The highest BCUT2D eigenvalue weighted by molar-refractivity contribution is 7.14. The Labute approximate surface area is 112 Å². The topological polar surface area (TPSA) is 69.6 Å². The molecule has 102 valence electrons. The first-order valence-electron chi connectivity index (χ1n) is 6.18. The number of hydrogen-bond acceptors (Lipinski definition) is 4. The van der Waals surface area contributed by atoms with Crippen molar-refractivity contribution in [3.05, 3.63) is 21.4 Å². The second kappa shape index (κ2) is 7.51. The van der Waals surface area contributed by atoms with Crippen molar-refractivity contribution in [2.45, 2.75) is 33.2 Å². The largest absolute Gasteiger partial charge is 0.477 e. The summed E-state index contributed by atoms with van der Waals surface area (Å²) in [7, 11) is 0. The van der Waals surface area contributed by atoms with Crippen molar-refractivity contribution in [3.63, 3.8) is 0 Å². The molecule has 0 saturated heterocycles. The van der Waals surface area contributed by atoms with Gasteiger partial charge in [-0.3, -0.25) is 0 Å². The van der Waals surface area contributed by atoms with Crippen molar-refractivity contribution in [2.24, 2.45) is 5.92 Å². The molecule has 0 aliphatic heterocycles. The van der Waals surface area contributed by atoms with E-state index in [1.165, 1.54) is 11.3 Å². The molecule has 18 heavy (non-hydrogen) atoms. The van der Waals surface area contributed by atoms with Gasteiger partial charge in [-0.15, -0.1) is 11.3 Å². The molecular weight excluding hydrogens is 250 g/mol. The maximum atomic E-state index is 10.8. The van der Waals surface area contributed by atoms with Gasteiger partial charge in [0.2, 0.25) is 0 Å². The highest BCUT2D eigenvalue weighted by Gasteiger charge is 2.10. The molecule has 0 amide bonds. The van der Waals surface area contributed by atoms with Crippen LogP contribution in [0.3, 0.4) is 0 Å². The van der Waals surface area contributed by atoms with E-state index in [-0.39, 0.29) is 6.61 Å². The molecular formula is C13H21NO3S. The Kier molecular flexibility index (Phi) is 6.32. The van der Waals surface area contributed by atoms with Crippen LogP contribution < -0.4 is 5.32 Å². The third-order valence-electron chi connectivity index (χ3n) is 2.91. The predicted molar refractivity (Wildman–Crippen MR) is 73.2 cm³/mol. The Balaban J connectivity index is 2.29. The standard InChI is InChI=1S/C13H21NO3S/c1-9(8-15)4-3-5-14-7-11-6-12(13(16)17)18-10(11)2/h6,9,14-15H,3-5,7-8H2,1-2H3,(H,16,17). The van der Waals surface area contributed by atoms with E-state index in [1.54, 1.807) is 6.07 Å². The highest BCUT2D eigenvalue weighted by atomic mass is 32.1. The zero-order valence-corrected chi connectivity index (χ0v) is 11.7. The number of thiophene rings is 1. The first-order chi connectivity index (χ1) is 8.54. The molecule has 0 aliphatic carbocycles. The van der Waals surface area contributed by atoms with Crippen molar-refractivity contribution < 1.29 is 15.0 Å². The van der Waals surface area contributed by atoms with Crippen LogP contribution >= 0.6 is 11.3 Å². The number of hydrogen-bond donors (Lipinski definition) is 3. The first kappa shape index (κ1) is 15.1. The van der Waals surface area contributed by atoms with Gasteiger partial charge in [0.15, 0.2) is 0 Å². The molecule has 5 heteroatoms. The summed E-state index contributed by atoms with van der Waals surface area (Å²) in [4.78, 5) is 12.3. The van der Waals surface area contributed by atoms with Crippen molar-refractivity contribution in [2.75, 3.05) is 13.2 Å². The van der Waals surface area contributed by atoms with Crippen LogP contribution in [-0.4, -0.2) is 29.3 Å². The Morgan fingerprint density at radius 3 is 2.83 bits per heavy atom. The summed E-state index contributed by atoms with van der Waals surface area (Å²) in [5, 5.41) is 21.1. The Hall–Kier alpha value is -0.910. The number of aliphatic hydroxyl groups excluding tert-OH is 1. The minimum absolute atomic E-state index is 0.242. The van der Waals surface area contributed by atoms with Gasteiger partial charge in [-0.25, -0.2) is 4.79 Å². The molecule has 1 atom stereocenters. The Morgan fingerprint density at radius 2 is 2.28 bits per heavy atom. The smallest absolute Gasteiger partial charge is 0.345 e. The molecule has 1 unspecified atom stereocenters. The molecule has 0 spiro atoms. The van der Waals surface area contributed by atoms with Gasteiger partial charge >= 0.3 is 5.97 Å². The summed E-state index contributed by atoms with van der Waals surface area (Å²) in [5.41, 5.74) is 1.06. The van der Waals surface area contributed by atoms with Gasteiger partial charge in [0.05, 0.1) is 0 Å². The van der Waals surface area contributed by atoms with Gasteiger partial charge in [0.25, 0.3) is 0 Å². The lowest BCUT2D eigenvalue weighted by Gasteiger charge is -2.08. The van der Waals surface area contributed by atoms with Gasteiger partial charge < -0.3 is 15.5 Å². The molecule has 1 aromatic heterocycles. The second-order valence-electron chi connectivity index (χ2n) is 4.60. The van der Waals surface area contributed by atoms with Crippen LogP contribution in [-0.2, 0) is 6.54 Å². The van der Waals surface area contributed by atoms with E-state index in [2.05, 4.69) is 5.32 Å². The lowest BCUT2D eigenvalue weighted by Crippen LogP contribution is -2.16. The van der Waals surface area contributed by atoms with Crippen LogP contribution in [0.1, 0.15) is 39.9 Å². The van der Waals surface area contributed by atoms with E-state index < -0.39 is 5.97 Å². The van der Waals surface area contributed by atoms with Crippen molar-refractivity contribution >= 4 is 17.3 Å². The molecule has 3 N–H and O–H groups in total. The van der Waals surface area contributed by atoms with Crippen molar-refractivity contribution in [3.8, 4) is 0 Å². The summed E-state index contributed by atoms with van der Waals surface area (Å²) in [6.07, 6.45) is 2.03. The zero-order valence-electron chi connectivity index (χ0n) is 10.9. The molecule has 4 nitrogen and oxygen atoms in total. The van der Waals surface area contributed by atoms with E-state index in [0.717, 1.165) is 29.8 Å². The maximum absolute atomic E-state index is 10.8. The fourth-order valence-corrected chi connectivity index (χ4v) is 2.57. The number of aliphatic hydroxyl groups is 1. The van der Waals surface area contributed by atoms with E-state index in [0.29, 0.717) is 17.3 Å². The fraction of sp³-hybridized carbons (Fsp3) is 0.615. The molecule has 0 bridgehead atoms. The second-order valence-corrected chi connectivity index (χ2v) is 5.86. The molecule has 0 aliphatic rings. The molecule has 1 heterocycles. The normalized spacial score (nSPS) is 12.6. The zero-order chi connectivity index (χ0) is 13.5. The molecule has 1 rings (SSSR count). The van der Waals surface area contributed by atoms with Crippen LogP contribution in [0.4, 0.5) is 0 Å². The monoisotopic (exact) mass is 271 g/mol. The Bertz CT molecular complexity index is 390. The molecule has 0 fully saturated rings. The molecule has 1 aromatic rings. The molecule has 0 aromatic carbocycles. The van der Waals surface area contributed by atoms with Gasteiger partial charge in [0.1, 0.15) is 4.88 Å². The Morgan fingerprint density at radius 1 is 1.56 bits per heavy atom. The lowest BCUT2D eigenvalue weighted by molar-refractivity contribution is 0.0702. The van der Waals surface area contributed by atoms with Gasteiger partial charge in [-0.1, -0.05) is 6.92 Å². The molecule has 0 saturated carbocycles. The van der Waals surface area contributed by atoms with Crippen LogP contribution in [0.25, 0.3) is 0 Å². The van der Waals surface area contributed by atoms with Crippen LogP contribution in [0, 0.1) is 12.8 Å². The number of carboxylic acid groups (broad SMARTS) is 1. The third-order valence-corrected chi connectivity index (χ3v) is 3.99. The fourth-order valence-electron chi connectivity index (χ4n) is 1.69. The summed E-state index contributed by atoms with van der Waals surface area (Å²) < 4.78 is 0. The van der Waals surface area contributed by atoms with Crippen molar-refractivity contribution in [1.82, 2.24) is 5.32 Å². The van der Waals surface area contributed by atoms with E-state index >= 15 is 0 Å². The number of carbonyl (C=O) groups is 1. The van der Waals surface area contributed by atoms with E-state index in [9.17, 15) is 4.79 Å². The molecule has 0 radical (unpaired) electrons. The third kappa shape index (κ3) is 4.76. The van der Waals surface area contributed by atoms with E-state index in [4.69, 9.17) is 10.2 Å². The summed E-state index contributed by atoms with van der Waals surface area (Å²) >= 11 is 1.32. The predicted octanol–water partition coefficient (Wildman–Crippen LogP) is 2.25. The average Bonchev–Trinajstić information content (AvgIpc) is 2.70. The first-order valence-corrected chi connectivity index (χ1v) is 7.00. The van der Waals surface area contributed by atoms with Crippen LogP contribution in [0.15, 0.2) is 6.07 Å². The summed E-state index contributed by atoms with van der Waals surface area (Å²) in [5.74, 6) is -0.501. The highest BCUT2D eigenvalue weighted by Crippen LogP contribution is 2.21. The number of rotatable bonds is 8. The number of aryl methyl sites for hydroxylation is 1. The number of carboxylic acids is 1. The van der Waals surface area contributed by atoms with Crippen LogP contribution in [0.2, 0.25) is 0 Å². The average molecular weight is 271 g/mol. The number of aromatic carboxylic acids is 1. The van der Waals surface area contributed by atoms with Crippen LogP contribution in [0.5, 0.6) is 0 Å². The number of nitrogens with one attached hydrogen (secondary N) is 1. The minimum Gasteiger partial charge on any atom is -0.477 e. The lowest BCUT2D eigenvalue weighted by atomic mass is 10.1. The summed E-state index contributed by atoms with van der Waals surface area (Å²) in [6, 6.07) is 1.74. The van der Waals surface area contributed by atoms with Gasteiger partial charge in [0, 0.05) is 18.0 Å².